The summed E-state index contributed by atoms with van der Waals surface area (Å²) in [7, 11) is 0. The summed E-state index contributed by atoms with van der Waals surface area (Å²) in [4.78, 5) is 21.9. The predicted molar refractivity (Wildman–Crippen MR) is 66.5 cm³/mol. The largest absolute Gasteiger partial charge is 0.481 e. The molecule has 1 aliphatic rings. The van der Waals surface area contributed by atoms with Gasteiger partial charge in [0.05, 0.1) is 12.1 Å². The maximum atomic E-state index is 11.6. The molecule has 0 aliphatic heterocycles. The van der Waals surface area contributed by atoms with E-state index >= 15 is 0 Å². The lowest BCUT2D eigenvalue weighted by molar-refractivity contribution is -0.137. The fraction of sp³-hybridized carbons (Fsp3) is 0.833. The van der Waals surface area contributed by atoms with Gasteiger partial charge in [-0.25, -0.2) is 4.79 Å². The van der Waals surface area contributed by atoms with Crippen LogP contribution in [0.15, 0.2) is 0 Å². The van der Waals surface area contributed by atoms with Gasteiger partial charge in [0.25, 0.3) is 0 Å². The van der Waals surface area contributed by atoms with E-state index in [-0.39, 0.29) is 24.6 Å². The molecule has 0 bridgehead atoms. The highest BCUT2D eigenvalue weighted by molar-refractivity contribution is 5.74. The van der Waals surface area contributed by atoms with Gasteiger partial charge in [0, 0.05) is 19.6 Å². The van der Waals surface area contributed by atoms with Crippen LogP contribution >= 0.6 is 0 Å². The fourth-order valence-electron chi connectivity index (χ4n) is 2.17. The van der Waals surface area contributed by atoms with E-state index in [0.717, 1.165) is 19.3 Å². The number of carboxylic acids is 1. The van der Waals surface area contributed by atoms with Crippen molar-refractivity contribution in [1.82, 2.24) is 10.6 Å². The highest BCUT2D eigenvalue weighted by Crippen LogP contribution is 2.21. The van der Waals surface area contributed by atoms with E-state index in [1.807, 2.05) is 6.92 Å². The molecule has 18 heavy (non-hydrogen) atoms. The molecule has 0 unspecified atom stereocenters. The van der Waals surface area contributed by atoms with Crippen molar-refractivity contribution in [3.63, 3.8) is 0 Å². The minimum Gasteiger partial charge on any atom is -0.481 e. The van der Waals surface area contributed by atoms with E-state index in [1.54, 1.807) is 0 Å². The van der Waals surface area contributed by atoms with Gasteiger partial charge in [0.15, 0.2) is 0 Å². The summed E-state index contributed by atoms with van der Waals surface area (Å²) in [6.45, 7) is 2.98. The summed E-state index contributed by atoms with van der Waals surface area (Å²) in [6, 6.07) is -0.165. The lowest BCUT2D eigenvalue weighted by Gasteiger charge is -2.21. The number of aliphatic carboxylic acids is 1. The van der Waals surface area contributed by atoms with Crippen molar-refractivity contribution in [2.75, 3.05) is 13.2 Å². The van der Waals surface area contributed by atoms with Gasteiger partial charge in [0.1, 0.15) is 0 Å². The molecule has 2 amide bonds. The molecule has 0 spiro atoms. The number of ether oxygens (including phenoxy) is 1. The van der Waals surface area contributed by atoms with Gasteiger partial charge in [-0.1, -0.05) is 0 Å². The van der Waals surface area contributed by atoms with Gasteiger partial charge in [-0.2, -0.15) is 0 Å². The monoisotopic (exact) mass is 258 g/mol. The summed E-state index contributed by atoms with van der Waals surface area (Å²) >= 11 is 0. The second kappa shape index (κ2) is 7.92. The summed E-state index contributed by atoms with van der Waals surface area (Å²) in [5.74, 6) is -0.843. The molecule has 0 heterocycles. The Morgan fingerprint density at radius 2 is 2.17 bits per heavy atom. The van der Waals surface area contributed by atoms with Crippen molar-refractivity contribution in [3.8, 4) is 0 Å². The van der Waals surface area contributed by atoms with Crippen LogP contribution in [0, 0.1) is 0 Å². The SMILES string of the molecule is CCO[C@@H]1CCC[C@H]1NC(=O)NCCCC(=O)O. The highest BCUT2D eigenvalue weighted by atomic mass is 16.5. The highest BCUT2D eigenvalue weighted by Gasteiger charge is 2.28. The smallest absolute Gasteiger partial charge is 0.315 e. The molecule has 1 fully saturated rings. The Kier molecular flexibility index (Phi) is 6.49. The third-order valence-corrected chi connectivity index (χ3v) is 3.00. The predicted octanol–water partition coefficient (Wildman–Crippen LogP) is 1.11. The van der Waals surface area contributed by atoms with E-state index in [0.29, 0.717) is 19.6 Å². The van der Waals surface area contributed by atoms with Crippen molar-refractivity contribution in [3.05, 3.63) is 0 Å². The molecule has 6 heteroatoms. The van der Waals surface area contributed by atoms with E-state index in [9.17, 15) is 9.59 Å². The first-order chi connectivity index (χ1) is 8.63. The number of carbonyl (C=O) groups is 2. The van der Waals surface area contributed by atoms with Crippen molar-refractivity contribution in [2.24, 2.45) is 0 Å². The maximum absolute atomic E-state index is 11.6. The minimum absolute atomic E-state index is 0.0735. The van der Waals surface area contributed by atoms with E-state index < -0.39 is 5.97 Å². The fourth-order valence-corrected chi connectivity index (χ4v) is 2.17. The van der Waals surface area contributed by atoms with Crippen LogP contribution in [0.5, 0.6) is 0 Å². The van der Waals surface area contributed by atoms with E-state index in [1.165, 1.54) is 0 Å². The summed E-state index contributed by atoms with van der Waals surface area (Å²) in [5, 5.41) is 14.0. The number of urea groups is 1. The van der Waals surface area contributed by atoms with Gasteiger partial charge in [-0.3, -0.25) is 4.79 Å². The number of hydrogen-bond acceptors (Lipinski definition) is 3. The zero-order valence-electron chi connectivity index (χ0n) is 10.8. The molecule has 1 rings (SSSR count). The van der Waals surface area contributed by atoms with Crippen LogP contribution < -0.4 is 10.6 Å². The molecule has 0 aromatic carbocycles. The van der Waals surface area contributed by atoms with E-state index in [2.05, 4.69) is 10.6 Å². The third kappa shape index (κ3) is 5.35. The maximum Gasteiger partial charge on any atom is 0.315 e. The Balaban J connectivity index is 2.16. The Bertz CT molecular complexity index is 283. The summed E-state index contributed by atoms with van der Waals surface area (Å²) in [6.07, 6.45) is 3.62. The summed E-state index contributed by atoms with van der Waals surface area (Å²) in [5.41, 5.74) is 0. The zero-order chi connectivity index (χ0) is 13.4. The molecule has 0 aromatic rings. The van der Waals surface area contributed by atoms with Crippen LogP contribution in [-0.4, -0.2) is 42.4 Å². The molecule has 0 radical (unpaired) electrons. The molecule has 3 N–H and O–H groups in total. The van der Waals surface area contributed by atoms with Gasteiger partial charge in [-0.15, -0.1) is 0 Å². The molecule has 1 aliphatic carbocycles. The van der Waals surface area contributed by atoms with Crippen molar-refractivity contribution >= 4 is 12.0 Å². The average Bonchev–Trinajstić information content (AvgIpc) is 2.72. The average molecular weight is 258 g/mol. The topological polar surface area (TPSA) is 87.7 Å². The first-order valence-electron chi connectivity index (χ1n) is 6.51. The number of amides is 2. The molecule has 0 aromatic heterocycles. The quantitative estimate of drug-likeness (QED) is 0.597. The number of nitrogens with one attached hydrogen (secondary N) is 2. The van der Waals surface area contributed by atoms with Crippen LogP contribution in [0.3, 0.4) is 0 Å². The Hall–Kier alpha value is -1.30. The van der Waals surface area contributed by atoms with Crippen molar-refractivity contribution in [1.29, 1.82) is 0 Å². The lowest BCUT2D eigenvalue weighted by atomic mass is 10.2. The molecular formula is C12H22N2O4. The lowest BCUT2D eigenvalue weighted by Crippen LogP contribution is -2.46. The number of carbonyl (C=O) groups excluding carboxylic acids is 1. The van der Waals surface area contributed by atoms with Gasteiger partial charge in [0.2, 0.25) is 0 Å². The second-order valence-corrected chi connectivity index (χ2v) is 4.43. The normalized spacial score (nSPS) is 22.7. The van der Waals surface area contributed by atoms with Crippen LogP contribution in [-0.2, 0) is 9.53 Å². The minimum atomic E-state index is -0.843. The first-order valence-corrected chi connectivity index (χ1v) is 6.51. The second-order valence-electron chi connectivity index (χ2n) is 4.43. The molecule has 0 saturated heterocycles. The van der Waals surface area contributed by atoms with Crippen LogP contribution in [0.1, 0.15) is 39.0 Å². The zero-order valence-corrected chi connectivity index (χ0v) is 10.8. The van der Waals surface area contributed by atoms with Crippen molar-refractivity contribution in [2.45, 2.75) is 51.2 Å². The standard InChI is InChI=1S/C12H22N2O4/c1-2-18-10-6-3-5-9(10)14-12(17)13-8-4-7-11(15)16/h9-10H,2-8H2,1H3,(H,15,16)(H2,13,14,17)/t9-,10-/m1/s1. The number of hydrogen-bond donors (Lipinski definition) is 3. The Morgan fingerprint density at radius 1 is 1.39 bits per heavy atom. The Morgan fingerprint density at radius 3 is 2.83 bits per heavy atom. The van der Waals surface area contributed by atoms with Gasteiger partial charge in [-0.05, 0) is 32.6 Å². The number of carboxylic acid groups (broad SMARTS) is 1. The van der Waals surface area contributed by atoms with Crippen molar-refractivity contribution < 1.29 is 19.4 Å². The number of rotatable bonds is 7. The van der Waals surface area contributed by atoms with Crippen LogP contribution in [0.25, 0.3) is 0 Å². The van der Waals surface area contributed by atoms with Crippen LogP contribution in [0.4, 0.5) is 4.79 Å². The Labute approximate surface area is 107 Å². The molecule has 1 saturated carbocycles. The van der Waals surface area contributed by atoms with Crippen LogP contribution in [0.2, 0.25) is 0 Å². The third-order valence-electron chi connectivity index (χ3n) is 3.00. The molecule has 104 valence electrons. The molecular weight excluding hydrogens is 236 g/mol. The summed E-state index contributed by atoms with van der Waals surface area (Å²) < 4.78 is 5.55. The first kappa shape index (κ1) is 14.8. The molecule has 2 atom stereocenters. The molecule has 6 nitrogen and oxygen atoms in total. The van der Waals surface area contributed by atoms with Gasteiger partial charge < -0.3 is 20.5 Å². The van der Waals surface area contributed by atoms with Gasteiger partial charge >= 0.3 is 12.0 Å². The van der Waals surface area contributed by atoms with E-state index in [4.69, 9.17) is 9.84 Å².